The van der Waals surface area contributed by atoms with Crippen molar-refractivity contribution in [3.8, 4) is 0 Å². The van der Waals surface area contributed by atoms with Gasteiger partial charge >= 0.3 is 0 Å². The Kier molecular flexibility index (Phi) is 3.30. The SMILES string of the molecule is CC(C)=CC(=N)OC(C)(C)C. The lowest BCUT2D eigenvalue weighted by Gasteiger charge is -2.19. The van der Waals surface area contributed by atoms with Crippen molar-refractivity contribution < 1.29 is 4.74 Å². The molecule has 0 spiro atoms. The molecule has 0 aliphatic rings. The van der Waals surface area contributed by atoms with Crippen LogP contribution in [0.1, 0.15) is 34.6 Å². The first kappa shape index (κ1) is 10.2. The van der Waals surface area contributed by atoms with Crippen molar-refractivity contribution in [3.05, 3.63) is 11.6 Å². The maximum absolute atomic E-state index is 7.38. The zero-order valence-corrected chi connectivity index (χ0v) is 7.99. The minimum absolute atomic E-state index is 0.234. The highest BCUT2D eigenvalue weighted by molar-refractivity contribution is 5.85. The number of ether oxygens (including phenoxy) is 1. The van der Waals surface area contributed by atoms with E-state index in [0.29, 0.717) is 0 Å². The van der Waals surface area contributed by atoms with Crippen LogP contribution in [0.4, 0.5) is 0 Å². The van der Waals surface area contributed by atoms with Gasteiger partial charge in [-0.3, -0.25) is 5.41 Å². The molecule has 0 bridgehead atoms. The molecular formula is C9H17NO. The average Bonchev–Trinajstić information content (AvgIpc) is 1.53. The van der Waals surface area contributed by atoms with Crippen molar-refractivity contribution in [2.75, 3.05) is 0 Å². The van der Waals surface area contributed by atoms with Crippen LogP contribution in [0.2, 0.25) is 0 Å². The normalized spacial score (nSPS) is 10.6. The Morgan fingerprint density at radius 1 is 1.27 bits per heavy atom. The van der Waals surface area contributed by atoms with Crippen LogP contribution < -0.4 is 0 Å². The molecule has 0 saturated heterocycles. The lowest BCUT2D eigenvalue weighted by Crippen LogP contribution is -2.22. The van der Waals surface area contributed by atoms with Crippen LogP contribution >= 0.6 is 0 Å². The smallest absolute Gasteiger partial charge is 0.206 e. The third kappa shape index (κ3) is 7.10. The second kappa shape index (κ2) is 3.56. The number of nitrogens with one attached hydrogen (secondary N) is 1. The van der Waals surface area contributed by atoms with Crippen LogP contribution in [-0.2, 0) is 4.74 Å². The summed E-state index contributed by atoms with van der Waals surface area (Å²) in [5.74, 6) is 0.234. The van der Waals surface area contributed by atoms with Crippen LogP contribution in [0.25, 0.3) is 0 Å². The van der Waals surface area contributed by atoms with Gasteiger partial charge in [-0.05, 0) is 40.7 Å². The average molecular weight is 155 g/mol. The van der Waals surface area contributed by atoms with E-state index in [1.165, 1.54) is 0 Å². The Morgan fingerprint density at radius 2 is 1.73 bits per heavy atom. The third-order valence-corrected chi connectivity index (χ3v) is 0.836. The fourth-order valence-corrected chi connectivity index (χ4v) is 0.622. The van der Waals surface area contributed by atoms with Crippen molar-refractivity contribution in [1.82, 2.24) is 0 Å². The molecule has 1 N–H and O–H groups in total. The van der Waals surface area contributed by atoms with Gasteiger partial charge in [-0.2, -0.15) is 0 Å². The molecule has 0 aromatic carbocycles. The maximum atomic E-state index is 7.38. The van der Waals surface area contributed by atoms with Gasteiger partial charge in [0.15, 0.2) is 0 Å². The van der Waals surface area contributed by atoms with Crippen molar-refractivity contribution in [2.24, 2.45) is 0 Å². The minimum atomic E-state index is -0.261. The van der Waals surface area contributed by atoms with E-state index in [2.05, 4.69) is 0 Å². The number of hydrogen-bond donors (Lipinski definition) is 1. The third-order valence-electron chi connectivity index (χ3n) is 0.836. The van der Waals surface area contributed by atoms with Gasteiger partial charge in [-0.1, -0.05) is 5.57 Å². The van der Waals surface area contributed by atoms with Crippen LogP contribution in [0.3, 0.4) is 0 Å². The first-order valence-electron chi connectivity index (χ1n) is 3.74. The largest absolute Gasteiger partial charge is 0.472 e. The predicted molar refractivity (Wildman–Crippen MR) is 48.0 cm³/mol. The molecule has 0 aromatic heterocycles. The second-order valence-electron chi connectivity index (χ2n) is 3.80. The zero-order chi connectivity index (χ0) is 9.07. The zero-order valence-electron chi connectivity index (χ0n) is 7.99. The van der Waals surface area contributed by atoms with Gasteiger partial charge in [0.2, 0.25) is 5.90 Å². The van der Waals surface area contributed by atoms with Crippen LogP contribution in [0.15, 0.2) is 11.6 Å². The Morgan fingerprint density at radius 3 is 2.00 bits per heavy atom. The Labute approximate surface area is 68.8 Å². The molecule has 0 amide bonds. The van der Waals surface area contributed by atoms with Crippen molar-refractivity contribution in [3.63, 3.8) is 0 Å². The molecule has 2 heteroatoms. The van der Waals surface area contributed by atoms with E-state index in [1.807, 2.05) is 34.6 Å². The fourth-order valence-electron chi connectivity index (χ4n) is 0.622. The van der Waals surface area contributed by atoms with Gasteiger partial charge in [0, 0.05) is 0 Å². The Hall–Kier alpha value is -0.790. The molecule has 0 heterocycles. The summed E-state index contributed by atoms with van der Waals surface area (Å²) in [4.78, 5) is 0. The second-order valence-corrected chi connectivity index (χ2v) is 3.80. The molecule has 64 valence electrons. The van der Waals surface area contributed by atoms with Gasteiger partial charge in [0.1, 0.15) is 5.60 Å². The number of rotatable bonds is 1. The molecular weight excluding hydrogens is 138 g/mol. The molecule has 0 aromatic rings. The van der Waals surface area contributed by atoms with Crippen LogP contribution in [0, 0.1) is 5.41 Å². The van der Waals surface area contributed by atoms with Gasteiger partial charge < -0.3 is 4.74 Å². The highest BCUT2D eigenvalue weighted by Crippen LogP contribution is 2.07. The molecule has 0 atom stereocenters. The first-order valence-corrected chi connectivity index (χ1v) is 3.74. The van der Waals surface area contributed by atoms with Gasteiger partial charge in [0.25, 0.3) is 0 Å². The van der Waals surface area contributed by atoms with Gasteiger partial charge in [0.05, 0.1) is 0 Å². The first-order chi connectivity index (χ1) is 4.81. The molecule has 0 aliphatic carbocycles. The van der Waals surface area contributed by atoms with Crippen molar-refractivity contribution in [1.29, 1.82) is 5.41 Å². The van der Waals surface area contributed by atoms with E-state index in [9.17, 15) is 0 Å². The molecule has 0 saturated carbocycles. The lowest BCUT2D eigenvalue weighted by molar-refractivity contribution is 0.117. The quantitative estimate of drug-likeness (QED) is 0.458. The summed E-state index contributed by atoms with van der Waals surface area (Å²) >= 11 is 0. The van der Waals surface area contributed by atoms with E-state index in [0.717, 1.165) is 5.57 Å². The van der Waals surface area contributed by atoms with E-state index >= 15 is 0 Å². The standard InChI is InChI=1S/C9H17NO/c1-7(2)6-8(10)11-9(3,4)5/h6,10H,1-5H3. The van der Waals surface area contributed by atoms with E-state index < -0.39 is 0 Å². The van der Waals surface area contributed by atoms with Crippen LogP contribution in [-0.4, -0.2) is 11.5 Å². The number of hydrogen-bond acceptors (Lipinski definition) is 2. The molecule has 0 rings (SSSR count). The Balaban J connectivity index is 4.00. The highest BCUT2D eigenvalue weighted by atomic mass is 16.5. The molecule has 2 nitrogen and oxygen atoms in total. The maximum Gasteiger partial charge on any atom is 0.206 e. The van der Waals surface area contributed by atoms with Crippen molar-refractivity contribution in [2.45, 2.75) is 40.2 Å². The topological polar surface area (TPSA) is 33.1 Å². The lowest BCUT2D eigenvalue weighted by atomic mass is 10.2. The van der Waals surface area contributed by atoms with Gasteiger partial charge in [-0.15, -0.1) is 0 Å². The van der Waals surface area contributed by atoms with Crippen molar-refractivity contribution >= 4 is 5.90 Å². The summed E-state index contributed by atoms with van der Waals surface area (Å²) in [5, 5.41) is 7.38. The Bertz CT molecular complexity index is 170. The van der Waals surface area contributed by atoms with E-state index in [1.54, 1.807) is 6.08 Å². The highest BCUT2D eigenvalue weighted by Gasteiger charge is 2.11. The van der Waals surface area contributed by atoms with E-state index in [4.69, 9.17) is 10.1 Å². The minimum Gasteiger partial charge on any atom is -0.472 e. The number of allylic oxidation sites excluding steroid dienone is 1. The molecule has 0 radical (unpaired) electrons. The summed E-state index contributed by atoms with van der Waals surface area (Å²) < 4.78 is 5.26. The van der Waals surface area contributed by atoms with Gasteiger partial charge in [-0.25, -0.2) is 0 Å². The molecule has 0 unspecified atom stereocenters. The fraction of sp³-hybridized carbons (Fsp3) is 0.667. The summed E-state index contributed by atoms with van der Waals surface area (Å²) in [6.45, 7) is 9.68. The molecule has 11 heavy (non-hydrogen) atoms. The van der Waals surface area contributed by atoms with E-state index in [-0.39, 0.29) is 11.5 Å². The monoisotopic (exact) mass is 155 g/mol. The molecule has 0 fully saturated rings. The van der Waals surface area contributed by atoms with Crippen LogP contribution in [0.5, 0.6) is 0 Å². The predicted octanol–water partition coefficient (Wildman–Crippen LogP) is 2.74. The summed E-state index contributed by atoms with van der Waals surface area (Å²) in [6, 6.07) is 0. The summed E-state index contributed by atoms with van der Waals surface area (Å²) in [5.41, 5.74) is 0.822. The summed E-state index contributed by atoms with van der Waals surface area (Å²) in [7, 11) is 0. The molecule has 0 aliphatic heterocycles. The summed E-state index contributed by atoms with van der Waals surface area (Å²) in [6.07, 6.45) is 1.71.